The van der Waals surface area contributed by atoms with Crippen LogP contribution < -0.4 is 5.32 Å². The third-order valence-electron chi connectivity index (χ3n) is 4.73. The summed E-state index contributed by atoms with van der Waals surface area (Å²) in [5, 5.41) is 3.75. The molecule has 1 aliphatic rings. The minimum Gasteiger partial charge on any atom is -0.314 e. The molecule has 1 heteroatoms. The molecule has 0 amide bonds. The van der Waals surface area contributed by atoms with Crippen molar-refractivity contribution in [2.45, 2.75) is 58.4 Å². The molecule has 0 spiro atoms. The fourth-order valence-electron chi connectivity index (χ4n) is 3.18. The van der Waals surface area contributed by atoms with Crippen LogP contribution in [0.3, 0.4) is 0 Å². The summed E-state index contributed by atoms with van der Waals surface area (Å²) in [5.41, 5.74) is 1.46. The molecule has 3 atom stereocenters. The molecule has 1 fully saturated rings. The summed E-state index contributed by atoms with van der Waals surface area (Å²) >= 11 is 0. The number of hydrogen-bond donors (Lipinski definition) is 1. The number of benzene rings is 1. The Morgan fingerprint density at radius 2 is 1.89 bits per heavy atom. The maximum atomic E-state index is 3.75. The van der Waals surface area contributed by atoms with Crippen molar-refractivity contribution in [1.29, 1.82) is 0 Å². The van der Waals surface area contributed by atoms with Crippen LogP contribution in [0.15, 0.2) is 30.3 Å². The molecule has 0 saturated heterocycles. The second-order valence-electron chi connectivity index (χ2n) is 6.36. The first-order valence-electron chi connectivity index (χ1n) is 8.03. The maximum Gasteiger partial charge on any atom is 0.00420 e. The molecular weight excluding hydrogens is 230 g/mol. The van der Waals surface area contributed by atoms with Crippen molar-refractivity contribution in [2.75, 3.05) is 6.54 Å². The molecule has 0 aromatic heterocycles. The van der Waals surface area contributed by atoms with Crippen molar-refractivity contribution in [2.24, 2.45) is 11.8 Å². The number of rotatable bonds is 6. The topological polar surface area (TPSA) is 12.0 Å². The summed E-state index contributed by atoms with van der Waals surface area (Å²) in [6.45, 7) is 5.98. The highest BCUT2D eigenvalue weighted by molar-refractivity contribution is 5.14. The van der Waals surface area contributed by atoms with E-state index in [2.05, 4.69) is 49.5 Å². The van der Waals surface area contributed by atoms with Crippen LogP contribution in [-0.4, -0.2) is 12.6 Å². The summed E-state index contributed by atoms with van der Waals surface area (Å²) in [5.74, 6) is 1.83. The smallest absolute Gasteiger partial charge is 0.00420 e. The van der Waals surface area contributed by atoms with Gasteiger partial charge in [0, 0.05) is 6.04 Å². The average molecular weight is 259 g/mol. The van der Waals surface area contributed by atoms with E-state index in [1.54, 1.807) is 0 Å². The van der Waals surface area contributed by atoms with Gasteiger partial charge >= 0.3 is 0 Å². The van der Waals surface area contributed by atoms with Gasteiger partial charge in [-0.15, -0.1) is 0 Å². The molecule has 0 radical (unpaired) electrons. The molecule has 0 heterocycles. The quantitative estimate of drug-likeness (QED) is 0.797. The Bertz CT molecular complexity index is 346. The highest BCUT2D eigenvalue weighted by Crippen LogP contribution is 2.28. The predicted molar refractivity (Wildman–Crippen MR) is 83.3 cm³/mol. The van der Waals surface area contributed by atoms with E-state index in [1.165, 1.54) is 50.6 Å². The fourth-order valence-corrected chi connectivity index (χ4v) is 3.18. The Morgan fingerprint density at radius 3 is 2.63 bits per heavy atom. The summed E-state index contributed by atoms with van der Waals surface area (Å²) in [6, 6.07) is 11.5. The van der Waals surface area contributed by atoms with Gasteiger partial charge in [0.05, 0.1) is 0 Å². The van der Waals surface area contributed by atoms with Crippen LogP contribution in [0.25, 0.3) is 0 Å². The van der Waals surface area contributed by atoms with Crippen LogP contribution in [0.5, 0.6) is 0 Å². The van der Waals surface area contributed by atoms with Crippen LogP contribution in [-0.2, 0) is 6.42 Å². The van der Waals surface area contributed by atoms with Gasteiger partial charge < -0.3 is 5.32 Å². The molecule has 1 aliphatic carbocycles. The molecule has 0 bridgehead atoms. The molecule has 1 aromatic carbocycles. The lowest BCUT2D eigenvalue weighted by molar-refractivity contribution is 0.241. The van der Waals surface area contributed by atoms with Crippen LogP contribution >= 0.6 is 0 Å². The average Bonchev–Trinajstić information content (AvgIpc) is 2.45. The monoisotopic (exact) mass is 259 g/mol. The first-order valence-corrected chi connectivity index (χ1v) is 8.03. The second-order valence-corrected chi connectivity index (χ2v) is 6.36. The minimum atomic E-state index is 0.634. The van der Waals surface area contributed by atoms with Crippen LogP contribution in [0.1, 0.15) is 51.5 Å². The molecule has 1 aromatic rings. The Hall–Kier alpha value is -0.820. The Balaban J connectivity index is 1.65. The number of hydrogen-bond acceptors (Lipinski definition) is 1. The molecule has 1 nitrogen and oxygen atoms in total. The summed E-state index contributed by atoms with van der Waals surface area (Å²) in [4.78, 5) is 0. The van der Waals surface area contributed by atoms with Gasteiger partial charge in [-0.05, 0) is 50.1 Å². The molecule has 2 rings (SSSR count). The van der Waals surface area contributed by atoms with Gasteiger partial charge in [0.15, 0.2) is 0 Å². The maximum absolute atomic E-state index is 3.75. The van der Waals surface area contributed by atoms with Crippen LogP contribution in [0.4, 0.5) is 0 Å². The van der Waals surface area contributed by atoms with Gasteiger partial charge in [-0.25, -0.2) is 0 Å². The zero-order chi connectivity index (χ0) is 13.5. The molecule has 3 unspecified atom stereocenters. The Morgan fingerprint density at radius 1 is 1.16 bits per heavy atom. The van der Waals surface area contributed by atoms with E-state index in [0.29, 0.717) is 6.04 Å². The molecule has 106 valence electrons. The summed E-state index contributed by atoms with van der Waals surface area (Å²) in [7, 11) is 0. The normalized spacial score (nSPS) is 25.2. The Labute approximate surface area is 118 Å². The number of nitrogens with one attached hydrogen (secondary N) is 1. The standard InChI is InChI=1S/C18H29N/c1-15-8-6-7-11-18(15)14-19-16(2)12-13-17-9-4-3-5-10-17/h3-5,9-10,15-16,18-19H,6-8,11-14H2,1-2H3. The number of aryl methyl sites for hydroxylation is 1. The van der Waals surface area contributed by atoms with Gasteiger partial charge in [-0.2, -0.15) is 0 Å². The summed E-state index contributed by atoms with van der Waals surface area (Å²) < 4.78 is 0. The van der Waals surface area contributed by atoms with E-state index in [-0.39, 0.29) is 0 Å². The lowest BCUT2D eigenvalue weighted by Gasteiger charge is -2.30. The molecular formula is C18H29N. The van der Waals surface area contributed by atoms with Crippen molar-refractivity contribution in [3.05, 3.63) is 35.9 Å². The van der Waals surface area contributed by atoms with Crippen LogP contribution in [0.2, 0.25) is 0 Å². The van der Waals surface area contributed by atoms with Crippen LogP contribution in [0, 0.1) is 11.8 Å². The van der Waals surface area contributed by atoms with Crippen molar-refractivity contribution < 1.29 is 0 Å². The SMILES string of the molecule is CC(CCc1ccccc1)NCC1CCCCC1C. The lowest BCUT2D eigenvalue weighted by Crippen LogP contribution is -2.35. The third kappa shape index (κ3) is 4.99. The highest BCUT2D eigenvalue weighted by atomic mass is 14.9. The van der Waals surface area contributed by atoms with E-state index < -0.39 is 0 Å². The largest absolute Gasteiger partial charge is 0.314 e. The first-order chi connectivity index (χ1) is 9.25. The van der Waals surface area contributed by atoms with Gasteiger partial charge in [-0.1, -0.05) is 56.5 Å². The van der Waals surface area contributed by atoms with Gasteiger partial charge in [0.2, 0.25) is 0 Å². The third-order valence-corrected chi connectivity index (χ3v) is 4.73. The van der Waals surface area contributed by atoms with E-state index in [0.717, 1.165) is 11.8 Å². The fraction of sp³-hybridized carbons (Fsp3) is 0.667. The van der Waals surface area contributed by atoms with Gasteiger partial charge in [0.25, 0.3) is 0 Å². The summed E-state index contributed by atoms with van der Waals surface area (Å²) in [6.07, 6.45) is 8.18. The van der Waals surface area contributed by atoms with E-state index >= 15 is 0 Å². The minimum absolute atomic E-state index is 0.634. The zero-order valence-electron chi connectivity index (χ0n) is 12.6. The molecule has 1 N–H and O–H groups in total. The van der Waals surface area contributed by atoms with E-state index in [4.69, 9.17) is 0 Å². The first kappa shape index (κ1) is 14.6. The highest BCUT2D eigenvalue weighted by Gasteiger charge is 2.21. The zero-order valence-corrected chi connectivity index (χ0v) is 12.6. The second kappa shape index (κ2) is 7.69. The molecule has 1 saturated carbocycles. The lowest BCUT2D eigenvalue weighted by atomic mass is 9.80. The Kier molecular flexibility index (Phi) is 5.91. The molecule has 0 aliphatic heterocycles. The van der Waals surface area contributed by atoms with Gasteiger partial charge in [0.1, 0.15) is 0 Å². The van der Waals surface area contributed by atoms with Crippen molar-refractivity contribution in [3.8, 4) is 0 Å². The van der Waals surface area contributed by atoms with Crippen molar-refractivity contribution in [1.82, 2.24) is 5.32 Å². The molecule has 19 heavy (non-hydrogen) atoms. The van der Waals surface area contributed by atoms with Gasteiger partial charge in [-0.3, -0.25) is 0 Å². The van der Waals surface area contributed by atoms with Crippen molar-refractivity contribution in [3.63, 3.8) is 0 Å². The predicted octanol–water partition coefficient (Wildman–Crippen LogP) is 4.42. The van der Waals surface area contributed by atoms with E-state index in [9.17, 15) is 0 Å². The van der Waals surface area contributed by atoms with E-state index in [1.807, 2.05) is 0 Å². The van der Waals surface area contributed by atoms with Crippen molar-refractivity contribution >= 4 is 0 Å².